The predicted molar refractivity (Wildman–Crippen MR) is 96.2 cm³/mol. The van der Waals surface area contributed by atoms with E-state index < -0.39 is 5.97 Å². The zero-order valence-electron chi connectivity index (χ0n) is 14.5. The second-order valence-electron chi connectivity index (χ2n) is 5.75. The number of carboxylic acid groups (broad SMARTS) is 1. The smallest absolute Gasteiger partial charge is 0.303 e. The van der Waals surface area contributed by atoms with E-state index in [-0.39, 0.29) is 12.5 Å². The number of carbonyl (C=O) groups is 1. The molecule has 3 heteroatoms. The van der Waals surface area contributed by atoms with Gasteiger partial charge in [0.15, 0.2) is 0 Å². The van der Waals surface area contributed by atoms with Crippen LogP contribution in [0, 0.1) is 11.8 Å². The topological polar surface area (TPSA) is 57.5 Å². The van der Waals surface area contributed by atoms with Gasteiger partial charge in [0.2, 0.25) is 0 Å². The highest BCUT2D eigenvalue weighted by atomic mass is 16.4. The first-order valence-electron chi connectivity index (χ1n) is 8.86. The van der Waals surface area contributed by atoms with Crippen LogP contribution in [0.3, 0.4) is 0 Å². The molecule has 0 aromatic carbocycles. The van der Waals surface area contributed by atoms with Gasteiger partial charge in [-0.2, -0.15) is 0 Å². The summed E-state index contributed by atoms with van der Waals surface area (Å²) in [6.07, 6.45) is 17.5. The van der Waals surface area contributed by atoms with Crippen LogP contribution in [0.1, 0.15) is 77.6 Å². The third kappa shape index (κ3) is 18.4. The highest BCUT2D eigenvalue weighted by Crippen LogP contribution is 2.04. The standard InChI is InChI=1S/C20H32O3/c1-2-3-13-16-19(21)17-14-11-9-7-5-4-6-8-10-12-15-18-20(22)23/h8,10,14,17,19,21H,2-7,12-13,15-16,18H2,1H3,(H,22,23)/b10-8-,17-14+/t19-/m0/s1. The van der Waals surface area contributed by atoms with Crippen molar-refractivity contribution >= 4 is 5.97 Å². The summed E-state index contributed by atoms with van der Waals surface area (Å²) in [6.45, 7) is 2.16. The predicted octanol–water partition coefficient (Wildman–Crippen LogP) is 4.86. The van der Waals surface area contributed by atoms with Gasteiger partial charge in [-0.25, -0.2) is 0 Å². The van der Waals surface area contributed by atoms with Crippen molar-refractivity contribution in [1.29, 1.82) is 0 Å². The van der Waals surface area contributed by atoms with Crippen molar-refractivity contribution in [2.75, 3.05) is 0 Å². The Kier molecular flexibility index (Phi) is 15.7. The molecule has 0 saturated carbocycles. The van der Waals surface area contributed by atoms with Gasteiger partial charge < -0.3 is 10.2 Å². The molecule has 0 heterocycles. The number of allylic oxidation sites excluding steroid dienone is 3. The van der Waals surface area contributed by atoms with Crippen LogP contribution in [0.15, 0.2) is 24.3 Å². The lowest BCUT2D eigenvalue weighted by molar-refractivity contribution is -0.137. The first-order chi connectivity index (χ1) is 11.2. The molecular formula is C20H32O3. The molecule has 23 heavy (non-hydrogen) atoms. The van der Waals surface area contributed by atoms with Crippen molar-refractivity contribution in [3.63, 3.8) is 0 Å². The van der Waals surface area contributed by atoms with Crippen LogP contribution < -0.4 is 0 Å². The molecule has 0 saturated heterocycles. The molecule has 0 rings (SSSR count). The van der Waals surface area contributed by atoms with E-state index in [1.807, 2.05) is 0 Å². The summed E-state index contributed by atoms with van der Waals surface area (Å²) in [6, 6.07) is 0. The third-order valence-corrected chi connectivity index (χ3v) is 3.46. The SMILES string of the molecule is CCCCC[C@H](O)/C=C/C#CCCCC/C=C\CCCC(=O)O. The highest BCUT2D eigenvalue weighted by Gasteiger charge is 1.96. The second kappa shape index (κ2) is 16.8. The number of hydrogen-bond acceptors (Lipinski definition) is 2. The van der Waals surface area contributed by atoms with Crippen LogP contribution in [0.2, 0.25) is 0 Å². The fraction of sp³-hybridized carbons (Fsp3) is 0.650. The molecule has 0 fully saturated rings. The van der Waals surface area contributed by atoms with Gasteiger partial charge in [0.25, 0.3) is 0 Å². The van der Waals surface area contributed by atoms with Gasteiger partial charge in [-0.05, 0) is 50.7 Å². The lowest BCUT2D eigenvalue weighted by Gasteiger charge is -2.02. The van der Waals surface area contributed by atoms with Crippen molar-refractivity contribution in [2.45, 2.75) is 83.7 Å². The molecule has 0 aromatic rings. The number of unbranched alkanes of at least 4 members (excludes halogenated alkanes) is 6. The Morgan fingerprint density at radius 3 is 2.52 bits per heavy atom. The van der Waals surface area contributed by atoms with Crippen LogP contribution in [-0.2, 0) is 4.79 Å². The van der Waals surface area contributed by atoms with Crippen LogP contribution in [-0.4, -0.2) is 22.3 Å². The molecule has 3 nitrogen and oxygen atoms in total. The van der Waals surface area contributed by atoms with E-state index in [0.29, 0.717) is 6.42 Å². The average Bonchev–Trinajstić information content (AvgIpc) is 2.51. The van der Waals surface area contributed by atoms with Crippen LogP contribution in [0.5, 0.6) is 0 Å². The highest BCUT2D eigenvalue weighted by molar-refractivity contribution is 5.66. The number of rotatable bonds is 13. The van der Waals surface area contributed by atoms with Gasteiger partial charge in [-0.15, -0.1) is 0 Å². The fourth-order valence-corrected chi connectivity index (χ4v) is 2.07. The lowest BCUT2D eigenvalue weighted by Crippen LogP contribution is -2.00. The summed E-state index contributed by atoms with van der Waals surface area (Å²) in [7, 11) is 0. The van der Waals surface area contributed by atoms with Gasteiger partial charge in [0.1, 0.15) is 0 Å². The zero-order chi connectivity index (χ0) is 17.2. The van der Waals surface area contributed by atoms with Crippen molar-refractivity contribution in [3.05, 3.63) is 24.3 Å². The summed E-state index contributed by atoms with van der Waals surface area (Å²) in [5.74, 6) is 5.34. The summed E-state index contributed by atoms with van der Waals surface area (Å²) in [5.41, 5.74) is 0. The molecule has 0 aliphatic heterocycles. The van der Waals surface area contributed by atoms with Crippen LogP contribution in [0.25, 0.3) is 0 Å². The van der Waals surface area contributed by atoms with E-state index in [1.54, 1.807) is 12.2 Å². The van der Waals surface area contributed by atoms with Crippen LogP contribution in [0.4, 0.5) is 0 Å². The Bertz CT molecular complexity index is 399. The number of aliphatic hydroxyl groups excluding tert-OH is 1. The van der Waals surface area contributed by atoms with E-state index in [1.165, 1.54) is 12.8 Å². The van der Waals surface area contributed by atoms with Gasteiger partial charge in [0, 0.05) is 12.8 Å². The Labute approximate surface area is 141 Å². The lowest BCUT2D eigenvalue weighted by atomic mass is 10.1. The minimum Gasteiger partial charge on any atom is -0.481 e. The third-order valence-electron chi connectivity index (χ3n) is 3.46. The molecule has 0 aromatic heterocycles. The largest absolute Gasteiger partial charge is 0.481 e. The molecule has 0 unspecified atom stereocenters. The molecule has 0 bridgehead atoms. The monoisotopic (exact) mass is 320 g/mol. The van der Waals surface area contributed by atoms with E-state index in [9.17, 15) is 9.90 Å². The molecule has 0 aliphatic rings. The summed E-state index contributed by atoms with van der Waals surface area (Å²) in [5, 5.41) is 18.2. The molecule has 0 radical (unpaired) electrons. The summed E-state index contributed by atoms with van der Waals surface area (Å²) >= 11 is 0. The Hall–Kier alpha value is -1.53. The van der Waals surface area contributed by atoms with Crippen LogP contribution >= 0.6 is 0 Å². The average molecular weight is 320 g/mol. The van der Waals surface area contributed by atoms with Crippen molar-refractivity contribution in [1.82, 2.24) is 0 Å². The van der Waals surface area contributed by atoms with Crippen molar-refractivity contribution in [3.8, 4) is 11.8 Å². The first-order valence-corrected chi connectivity index (χ1v) is 8.86. The quantitative estimate of drug-likeness (QED) is 0.289. The first kappa shape index (κ1) is 21.5. The zero-order valence-corrected chi connectivity index (χ0v) is 14.5. The number of carboxylic acids is 1. The van der Waals surface area contributed by atoms with Crippen molar-refractivity contribution < 1.29 is 15.0 Å². The molecule has 0 amide bonds. The Balaban J connectivity index is 3.47. The molecule has 130 valence electrons. The minimum atomic E-state index is -0.723. The Morgan fingerprint density at radius 1 is 1.09 bits per heavy atom. The van der Waals surface area contributed by atoms with Gasteiger partial charge in [-0.1, -0.05) is 50.2 Å². The number of hydrogen-bond donors (Lipinski definition) is 2. The molecule has 2 N–H and O–H groups in total. The van der Waals surface area contributed by atoms with E-state index in [0.717, 1.165) is 44.9 Å². The molecular weight excluding hydrogens is 288 g/mol. The normalized spacial score (nSPS) is 12.4. The van der Waals surface area contributed by atoms with Gasteiger partial charge >= 0.3 is 5.97 Å². The fourth-order valence-electron chi connectivity index (χ4n) is 2.07. The minimum absolute atomic E-state index is 0.251. The molecule has 0 aliphatic carbocycles. The maximum Gasteiger partial charge on any atom is 0.303 e. The summed E-state index contributed by atoms with van der Waals surface area (Å²) < 4.78 is 0. The van der Waals surface area contributed by atoms with E-state index in [2.05, 4.69) is 30.9 Å². The maximum absolute atomic E-state index is 10.3. The number of aliphatic carboxylic acids is 1. The van der Waals surface area contributed by atoms with E-state index >= 15 is 0 Å². The number of aliphatic hydroxyl groups is 1. The molecule has 0 spiro atoms. The summed E-state index contributed by atoms with van der Waals surface area (Å²) in [4.78, 5) is 10.3. The second-order valence-corrected chi connectivity index (χ2v) is 5.75. The van der Waals surface area contributed by atoms with Gasteiger partial charge in [-0.3, -0.25) is 4.79 Å². The Morgan fingerprint density at radius 2 is 1.83 bits per heavy atom. The molecule has 1 atom stereocenters. The maximum atomic E-state index is 10.3. The van der Waals surface area contributed by atoms with Gasteiger partial charge in [0.05, 0.1) is 6.10 Å². The van der Waals surface area contributed by atoms with Crippen molar-refractivity contribution in [2.24, 2.45) is 0 Å². The van der Waals surface area contributed by atoms with E-state index in [4.69, 9.17) is 5.11 Å².